The van der Waals surface area contributed by atoms with E-state index in [4.69, 9.17) is 27.3 Å². The minimum absolute atomic E-state index is 0.136. The van der Waals surface area contributed by atoms with Crippen LogP contribution in [-0.2, 0) is 0 Å². The molecule has 0 fully saturated rings. The SMILES string of the molecule is N#Cc1ccc(N)c(Oc2ccc(F)cc2Cl)c1. The van der Waals surface area contributed by atoms with E-state index in [9.17, 15) is 4.39 Å². The lowest BCUT2D eigenvalue weighted by atomic mass is 10.2. The molecule has 0 amide bonds. The maximum atomic E-state index is 12.9. The summed E-state index contributed by atoms with van der Waals surface area (Å²) in [6, 6.07) is 10.4. The number of rotatable bonds is 2. The third-order valence-corrected chi connectivity index (χ3v) is 2.55. The summed E-state index contributed by atoms with van der Waals surface area (Å²) < 4.78 is 18.3. The first kappa shape index (κ1) is 12.2. The summed E-state index contributed by atoms with van der Waals surface area (Å²) in [7, 11) is 0. The lowest BCUT2D eigenvalue weighted by molar-refractivity contribution is 0.483. The highest BCUT2D eigenvalue weighted by Crippen LogP contribution is 2.33. The van der Waals surface area contributed by atoms with Crippen molar-refractivity contribution < 1.29 is 9.13 Å². The summed E-state index contributed by atoms with van der Waals surface area (Å²) in [6.07, 6.45) is 0. The Bertz CT molecular complexity index is 637. The van der Waals surface area contributed by atoms with Crippen LogP contribution >= 0.6 is 11.6 Å². The fraction of sp³-hybridized carbons (Fsp3) is 0. The number of nitriles is 1. The number of nitrogens with two attached hydrogens (primary N) is 1. The highest BCUT2D eigenvalue weighted by molar-refractivity contribution is 6.32. The van der Waals surface area contributed by atoms with Crippen molar-refractivity contribution in [1.82, 2.24) is 0 Å². The van der Waals surface area contributed by atoms with Gasteiger partial charge in [0.25, 0.3) is 0 Å². The maximum absolute atomic E-state index is 12.9. The molecule has 2 N–H and O–H groups in total. The van der Waals surface area contributed by atoms with E-state index in [1.807, 2.05) is 6.07 Å². The van der Waals surface area contributed by atoms with Gasteiger partial charge in [-0.3, -0.25) is 0 Å². The first-order chi connectivity index (χ1) is 8.60. The number of nitrogen functional groups attached to an aromatic ring is 1. The zero-order chi connectivity index (χ0) is 13.1. The molecule has 0 atom stereocenters. The average Bonchev–Trinajstić information content (AvgIpc) is 2.35. The topological polar surface area (TPSA) is 59.0 Å². The second-order valence-corrected chi connectivity index (χ2v) is 3.95. The minimum Gasteiger partial charge on any atom is -0.454 e. The van der Waals surface area contributed by atoms with Crippen LogP contribution < -0.4 is 10.5 Å². The third kappa shape index (κ3) is 2.53. The van der Waals surface area contributed by atoms with Gasteiger partial charge in [0, 0.05) is 6.07 Å². The van der Waals surface area contributed by atoms with Gasteiger partial charge in [0.2, 0.25) is 0 Å². The van der Waals surface area contributed by atoms with Gasteiger partial charge in [-0.25, -0.2) is 4.39 Å². The van der Waals surface area contributed by atoms with Crippen molar-refractivity contribution in [1.29, 1.82) is 5.26 Å². The molecule has 0 aliphatic rings. The van der Waals surface area contributed by atoms with Crippen LogP contribution in [0.15, 0.2) is 36.4 Å². The summed E-state index contributed by atoms with van der Waals surface area (Å²) in [4.78, 5) is 0. The van der Waals surface area contributed by atoms with Gasteiger partial charge >= 0.3 is 0 Å². The Kier molecular flexibility index (Phi) is 3.35. The van der Waals surface area contributed by atoms with Crippen molar-refractivity contribution in [3.8, 4) is 17.6 Å². The van der Waals surface area contributed by atoms with Crippen molar-refractivity contribution in [2.45, 2.75) is 0 Å². The van der Waals surface area contributed by atoms with E-state index >= 15 is 0 Å². The summed E-state index contributed by atoms with van der Waals surface area (Å²) in [6.45, 7) is 0. The molecule has 0 saturated heterocycles. The van der Waals surface area contributed by atoms with Gasteiger partial charge in [0.1, 0.15) is 11.6 Å². The molecule has 0 aliphatic heterocycles. The lowest BCUT2D eigenvalue weighted by Crippen LogP contribution is -1.93. The van der Waals surface area contributed by atoms with Gasteiger partial charge in [0.05, 0.1) is 22.3 Å². The fourth-order valence-corrected chi connectivity index (χ4v) is 1.57. The molecule has 5 heteroatoms. The van der Waals surface area contributed by atoms with Gasteiger partial charge in [-0.15, -0.1) is 0 Å². The maximum Gasteiger partial charge on any atom is 0.151 e. The largest absolute Gasteiger partial charge is 0.454 e. The van der Waals surface area contributed by atoms with E-state index in [2.05, 4.69) is 0 Å². The van der Waals surface area contributed by atoms with Crippen molar-refractivity contribution in [3.05, 3.63) is 52.8 Å². The Balaban J connectivity index is 2.37. The van der Waals surface area contributed by atoms with Crippen LogP contribution in [-0.4, -0.2) is 0 Å². The van der Waals surface area contributed by atoms with Gasteiger partial charge in [-0.1, -0.05) is 11.6 Å². The molecule has 90 valence electrons. The van der Waals surface area contributed by atoms with Gasteiger partial charge in [-0.2, -0.15) is 5.26 Å². The molecule has 0 aliphatic carbocycles. The van der Waals surface area contributed by atoms with Crippen LogP contribution in [0.4, 0.5) is 10.1 Å². The molecular formula is C13H8ClFN2O. The number of hydrogen-bond donors (Lipinski definition) is 1. The molecule has 0 aromatic heterocycles. The zero-order valence-electron chi connectivity index (χ0n) is 9.15. The van der Waals surface area contributed by atoms with E-state index in [-0.39, 0.29) is 10.8 Å². The van der Waals surface area contributed by atoms with Gasteiger partial charge in [-0.05, 0) is 30.3 Å². The predicted octanol–water partition coefficient (Wildman–Crippen LogP) is 3.73. The van der Waals surface area contributed by atoms with Crippen molar-refractivity contribution in [2.75, 3.05) is 5.73 Å². The standard InChI is InChI=1S/C13H8ClFN2O/c14-10-6-9(15)2-4-12(10)18-13-5-8(7-16)1-3-11(13)17/h1-6H,17H2. The second-order valence-electron chi connectivity index (χ2n) is 3.54. The number of ether oxygens (including phenoxy) is 1. The lowest BCUT2D eigenvalue weighted by Gasteiger charge is -2.10. The molecule has 2 rings (SSSR count). The summed E-state index contributed by atoms with van der Waals surface area (Å²) >= 11 is 5.83. The van der Waals surface area contributed by atoms with Crippen LogP contribution in [0.5, 0.6) is 11.5 Å². The van der Waals surface area contributed by atoms with E-state index in [0.29, 0.717) is 17.0 Å². The number of benzene rings is 2. The third-order valence-electron chi connectivity index (χ3n) is 2.26. The molecule has 0 saturated carbocycles. The van der Waals surface area contributed by atoms with E-state index in [0.717, 1.165) is 6.07 Å². The Morgan fingerprint density at radius 2 is 1.94 bits per heavy atom. The minimum atomic E-state index is -0.453. The molecule has 2 aromatic rings. The number of hydrogen-bond acceptors (Lipinski definition) is 3. The predicted molar refractivity (Wildman–Crippen MR) is 67.1 cm³/mol. The van der Waals surface area contributed by atoms with Crippen molar-refractivity contribution >= 4 is 17.3 Å². The van der Waals surface area contributed by atoms with Gasteiger partial charge in [0.15, 0.2) is 5.75 Å². The Labute approximate surface area is 108 Å². The number of nitrogens with zero attached hydrogens (tertiary/aromatic N) is 1. The smallest absolute Gasteiger partial charge is 0.151 e. The van der Waals surface area contributed by atoms with Crippen molar-refractivity contribution in [3.63, 3.8) is 0 Å². The van der Waals surface area contributed by atoms with Crippen LogP contribution in [0.25, 0.3) is 0 Å². The van der Waals surface area contributed by atoms with Crippen LogP contribution in [0.1, 0.15) is 5.56 Å². The summed E-state index contributed by atoms with van der Waals surface area (Å²) in [5.41, 5.74) is 6.50. The molecular weight excluding hydrogens is 255 g/mol. The first-order valence-electron chi connectivity index (χ1n) is 5.02. The molecule has 0 bridgehead atoms. The Morgan fingerprint density at radius 3 is 2.61 bits per heavy atom. The van der Waals surface area contributed by atoms with Crippen LogP contribution in [0.3, 0.4) is 0 Å². The molecule has 0 radical (unpaired) electrons. The molecule has 3 nitrogen and oxygen atoms in total. The molecule has 0 unspecified atom stereocenters. The number of halogens is 2. The highest BCUT2D eigenvalue weighted by atomic mass is 35.5. The molecule has 2 aromatic carbocycles. The monoisotopic (exact) mass is 262 g/mol. The average molecular weight is 263 g/mol. The normalized spacial score (nSPS) is 9.83. The summed E-state index contributed by atoms with van der Waals surface area (Å²) in [5, 5.41) is 8.92. The molecule has 18 heavy (non-hydrogen) atoms. The summed E-state index contributed by atoms with van der Waals surface area (Å²) in [5.74, 6) is 0.133. The van der Waals surface area contributed by atoms with Gasteiger partial charge < -0.3 is 10.5 Å². The Morgan fingerprint density at radius 1 is 1.17 bits per heavy atom. The quantitative estimate of drug-likeness (QED) is 0.839. The van der Waals surface area contributed by atoms with Crippen LogP contribution in [0.2, 0.25) is 5.02 Å². The highest BCUT2D eigenvalue weighted by Gasteiger charge is 2.08. The Hall–Kier alpha value is -2.25. The number of anilines is 1. The fourth-order valence-electron chi connectivity index (χ4n) is 1.37. The molecule has 0 heterocycles. The first-order valence-corrected chi connectivity index (χ1v) is 5.40. The van der Waals surface area contributed by atoms with E-state index in [1.165, 1.54) is 18.2 Å². The second kappa shape index (κ2) is 4.94. The zero-order valence-corrected chi connectivity index (χ0v) is 9.91. The van der Waals surface area contributed by atoms with E-state index in [1.54, 1.807) is 12.1 Å². The van der Waals surface area contributed by atoms with Crippen molar-refractivity contribution in [2.24, 2.45) is 0 Å². The molecule has 0 spiro atoms. The van der Waals surface area contributed by atoms with Crippen LogP contribution in [0, 0.1) is 17.1 Å². The van der Waals surface area contributed by atoms with E-state index < -0.39 is 5.82 Å².